The summed E-state index contributed by atoms with van der Waals surface area (Å²) < 4.78 is 0. The van der Waals surface area contributed by atoms with Gasteiger partial charge in [-0.05, 0) is 13.8 Å². The van der Waals surface area contributed by atoms with Crippen molar-refractivity contribution in [2.75, 3.05) is 0 Å². The van der Waals surface area contributed by atoms with E-state index in [9.17, 15) is 5.11 Å². The SMILES string of the molecule is C=CC(C)C(O)C=C(C)C. The highest BCUT2D eigenvalue weighted by molar-refractivity contribution is 5.01. The Labute approximate surface area is 63.1 Å². The lowest BCUT2D eigenvalue weighted by molar-refractivity contribution is 0.184. The first kappa shape index (κ1) is 9.44. The second-order valence-electron chi connectivity index (χ2n) is 2.83. The van der Waals surface area contributed by atoms with Crippen LogP contribution in [0.1, 0.15) is 20.8 Å². The van der Waals surface area contributed by atoms with Gasteiger partial charge < -0.3 is 5.11 Å². The number of aliphatic hydroxyl groups excluding tert-OH is 1. The summed E-state index contributed by atoms with van der Waals surface area (Å²) in [5.41, 5.74) is 1.14. The molecule has 0 fully saturated rings. The molecule has 1 heteroatoms. The number of hydrogen-bond acceptors (Lipinski definition) is 1. The molecule has 0 aromatic heterocycles. The summed E-state index contributed by atoms with van der Waals surface area (Å²) in [6.45, 7) is 9.48. The first-order chi connectivity index (χ1) is 4.57. The Morgan fingerprint density at radius 2 is 2.00 bits per heavy atom. The van der Waals surface area contributed by atoms with Crippen molar-refractivity contribution in [1.29, 1.82) is 0 Å². The van der Waals surface area contributed by atoms with E-state index in [0.717, 1.165) is 5.57 Å². The molecule has 0 aromatic carbocycles. The van der Waals surface area contributed by atoms with E-state index in [0.29, 0.717) is 0 Å². The molecule has 0 saturated heterocycles. The fourth-order valence-corrected chi connectivity index (χ4v) is 0.633. The van der Waals surface area contributed by atoms with E-state index >= 15 is 0 Å². The van der Waals surface area contributed by atoms with Gasteiger partial charge in [0.25, 0.3) is 0 Å². The molecule has 1 N–H and O–H groups in total. The van der Waals surface area contributed by atoms with Gasteiger partial charge in [-0.1, -0.05) is 24.6 Å². The van der Waals surface area contributed by atoms with Crippen molar-refractivity contribution in [1.82, 2.24) is 0 Å². The normalized spacial score (nSPS) is 15.6. The Kier molecular flexibility index (Phi) is 4.05. The molecule has 0 amide bonds. The van der Waals surface area contributed by atoms with Crippen LogP contribution in [0.4, 0.5) is 0 Å². The molecular weight excluding hydrogens is 124 g/mol. The van der Waals surface area contributed by atoms with Crippen molar-refractivity contribution in [2.45, 2.75) is 26.9 Å². The average molecular weight is 140 g/mol. The van der Waals surface area contributed by atoms with Gasteiger partial charge >= 0.3 is 0 Å². The van der Waals surface area contributed by atoms with Gasteiger partial charge in [0.1, 0.15) is 0 Å². The summed E-state index contributed by atoms with van der Waals surface area (Å²) in [6.07, 6.45) is 3.22. The van der Waals surface area contributed by atoms with Gasteiger partial charge in [-0.2, -0.15) is 0 Å². The lowest BCUT2D eigenvalue weighted by Gasteiger charge is -2.10. The molecule has 58 valence electrons. The molecular formula is C9H16O. The second kappa shape index (κ2) is 4.29. The van der Waals surface area contributed by atoms with Crippen LogP contribution in [-0.4, -0.2) is 11.2 Å². The molecule has 0 rings (SSSR count). The van der Waals surface area contributed by atoms with Crippen LogP contribution in [0.3, 0.4) is 0 Å². The minimum Gasteiger partial charge on any atom is -0.388 e. The molecule has 1 nitrogen and oxygen atoms in total. The second-order valence-corrected chi connectivity index (χ2v) is 2.83. The highest BCUT2D eigenvalue weighted by Crippen LogP contribution is 2.06. The van der Waals surface area contributed by atoms with Gasteiger partial charge in [-0.15, -0.1) is 6.58 Å². The van der Waals surface area contributed by atoms with E-state index < -0.39 is 0 Å². The van der Waals surface area contributed by atoms with Crippen molar-refractivity contribution in [3.05, 3.63) is 24.3 Å². The largest absolute Gasteiger partial charge is 0.388 e. The third-order valence-corrected chi connectivity index (χ3v) is 1.41. The van der Waals surface area contributed by atoms with Crippen LogP contribution in [0.5, 0.6) is 0 Å². The van der Waals surface area contributed by atoms with E-state index in [4.69, 9.17) is 0 Å². The van der Waals surface area contributed by atoms with Gasteiger partial charge in [-0.3, -0.25) is 0 Å². The van der Waals surface area contributed by atoms with E-state index in [1.54, 1.807) is 6.08 Å². The van der Waals surface area contributed by atoms with Gasteiger partial charge in [0, 0.05) is 5.92 Å². The third kappa shape index (κ3) is 3.46. The maximum Gasteiger partial charge on any atom is 0.0783 e. The van der Waals surface area contributed by atoms with Gasteiger partial charge in [0.05, 0.1) is 6.10 Å². The minimum absolute atomic E-state index is 0.148. The standard InChI is InChI=1S/C9H16O/c1-5-8(4)9(10)6-7(2)3/h5-6,8-10H,1H2,2-4H3. The van der Waals surface area contributed by atoms with Crippen molar-refractivity contribution < 1.29 is 5.11 Å². The van der Waals surface area contributed by atoms with Crippen LogP contribution in [0.2, 0.25) is 0 Å². The Morgan fingerprint density at radius 3 is 2.30 bits per heavy atom. The Morgan fingerprint density at radius 1 is 1.50 bits per heavy atom. The third-order valence-electron chi connectivity index (χ3n) is 1.41. The van der Waals surface area contributed by atoms with Crippen LogP contribution in [0.25, 0.3) is 0 Å². The predicted octanol–water partition coefficient (Wildman–Crippen LogP) is 2.14. The van der Waals surface area contributed by atoms with E-state index in [1.807, 2.05) is 26.8 Å². The molecule has 0 aromatic rings. The zero-order valence-electron chi connectivity index (χ0n) is 6.96. The zero-order valence-corrected chi connectivity index (χ0v) is 6.96. The maximum absolute atomic E-state index is 9.34. The molecule has 0 spiro atoms. The number of hydrogen-bond donors (Lipinski definition) is 1. The average Bonchev–Trinajstić information content (AvgIpc) is 1.85. The molecule has 0 aliphatic heterocycles. The van der Waals surface area contributed by atoms with Crippen LogP contribution < -0.4 is 0 Å². The van der Waals surface area contributed by atoms with Crippen LogP contribution in [0, 0.1) is 5.92 Å². The lowest BCUT2D eigenvalue weighted by atomic mass is 10.0. The lowest BCUT2D eigenvalue weighted by Crippen LogP contribution is -2.12. The summed E-state index contributed by atoms with van der Waals surface area (Å²) in [4.78, 5) is 0. The zero-order chi connectivity index (χ0) is 8.15. The fourth-order valence-electron chi connectivity index (χ4n) is 0.633. The first-order valence-electron chi connectivity index (χ1n) is 3.53. The highest BCUT2D eigenvalue weighted by Gasteiger charge is 2.05. The Bertz CT molecular complexity index is 132. The minimum atomic E-state index is -0.373. The molecule has 2 unspecified atom stereocenters. The predicted molar refractivity (Wildman–Crippen MR) is 44.8 cm³/mol. The van der Waals surface area contributed by atoms with Gasteiger partial charge in [0.2, 0.25) is 0 Å². The summed E-state index contributed by atoms with van der Waals surface area (Å²) in [5.74, 6) is 0.148. The monoisotopic (exact) mass is 140 g/mol. The van der Waals surface area contributed by atoms with Crippen LogP contribution in [0.15, 0.2) is 24.3 Å². The highest BCUT2D eigenvalue weighted by atomic mass is 16.3. The first-order valence-corrected chi connectivity index (χ1v) is 3.53. The molecule has 0 heterocycles. The molecule has 0 radical (unpaired) electrons. The van der Waals surface area contributed by atoms with Crippen molar-refractivity contribution in [2.24, 2.45) is 5.92 Å². The summed E-state index contributed by atoms with van der Waals surface area (Å²) >= 11 is 0. The molecule has 0 aliphatic carbocycles. The molecule has 2 atom stereocenters. The summed E-state index contributed by atoms with van der Waals surface area (Å²) in [6, 6.07) is 0. The van der Waals surface area contributed by atoms with Crippen molar-refractivity contribution in [3.8, 4) is 0 Å². The molecule has 0 saturated carbocycles. The van der Waals surface area contributed by atoms with Crippen LogP contribution in [-0.2, 0) is 0 Å². The number of aliphatic hydroxyl groups is 1. The maximum atomic E-state index is 9.34. The topological polar surface area (TPSA) is 20.2 Å². The van der Waals surface area contributed by atoms with Crippen LogP contribution >= 0.6 is 0 Å². The molecule has 10 heavy (non-hydrogen) atoms. The number of rotatable bonds is 3. The smallest absolute Gasteiger partial charge is 0.0783 e. The van der Waals surface area contributed by atoms with Gasteiger partial charge in [0.15, 0.2) is 0 Å². The van der Waals surface area contributed by atoms with E-state index in [1.165, 1.54) is 0 Å². The van der Waals surface area contributed by atoms with Crippen molar-refractivity contribution >= 4 is 0 Å². The molecule has 0 bridgehead atoms. The van der Waals surface area contributed by atoms with Crippen molar-refractivity contribution in [3.63, 3.8) is 0 Å². The Balaban J connectivity index is 3.95. The van der Waals surface area contributed by atoms with E-state index in [2.05, 4.69) is 6.58 Å². The quantitative estimate of drug-likeness (QED) is 0.595. The molecule has 0 aliphatic rings. The summed E-state index contributed by atoms with van der Waals surface area (Å²) in [5, 5.41) is 9.34. The summed E-state index contributed by atoms with van der Waals surface area (Å²) in [7, 11) is 0. The van der Waals surface area contributed by atoms with E-state index in [-0.39, 0.29) is 12.0 Å². The number of allylic oxidation sites excluding steroid dienone is 1. The Hall–Kier alpha value is -0.560. The van der Waals surface area contributed by atoms with Gasteiger partial charge in [-0.25, -0.2) is 0 Å². The fraction of sp³-hybridized carbons (Fsp3) is 0.556.